The smallest absolute Gasteiger partial charge is 0.251 e. The fraction of sp³-hybridized carbons (Fsp3) is 0.440. The van der Waals surface area contributed by atoms with Crippen LogP contribution in [0.1, 0.15) is 29.0 Å². The summed E-state index contributed by atoms with van der Waals surface area (Å²) in [5, 5.41) is 15.6. The third kappa shape index (κ3) is 4.35. The minimum Gasteiger partial charge on any atom is -0.488 e. The Labute approximate surface area is 187 Å². The first-order valence-electron chi connectivity index (χ1n) is 11.2. The molecule has 0 aliphatic carbocycles. The van der Waals surface area contributed by atoms with Crippen molar-refractivity contribution in [2.24, 2.45) is 0 Å². The number of carbonyl (C=O) groups excluding carboxylic acids is 1. The number of carbonyl (C=O) groups is 1. The molecule has 7 heteroatoms. The van der Waals surface area contributed by atoms with E-state index in [1.54, 1.807) is 0 Å². The second-order valence-corrected chi connectivity index (χ2v) is 8.58. The molecule has 0 saturated carbocycles. The molecule has 5 rings (SSSR count). The van der Waals surface area contributed by atoms with Gasteiger partial charge in [0.2, 0.25) is 0 Å². The average Bonchev–Trinajstić information content (AvgIpc) is 3.07. The van der Waals surface area contributed by atoms with Gasteiger partial charge in [0.25, 0.3) is 5.91 Å². The lowest BCUT2D eigenvalue weighted by Gasteiger charge is -2.28. The summed E-state index contributed by atoms with van der Waals surface area (Å²) in [6.45, 7) is 3.93. The number of nitrogens with zero attached hydrogens (tertiary/aromatic N) is 1. The van der Waals surface area contributed by atoms with Crippen LogP contribution in [0.25, 0.3) is 11.1 Å². The zero-order valence-electron chi connectivity index (χ0n) is 17.9. The minimum atomic E-state index is -0.631. The maximum absolute atomic E-state index is 12.5. The van der Waals surface area contributed by atoms with Gasteiger partial charge >= 0.3 is 0 Å². The Hall–Kier alpha value is -2.92. The van der Waals surface area contributed by atoms with E-state index in [9.17, 15) is 10.1 Å². The molecule has 166 valence electrons. The molecule has 0 radical (unpaired) electrons. The van der Waals surface area contributed by atoms with Crippen LogP contribution in [-0.4, -0.2) is 51.0 Å². The van der Waals surface area contributed by atoms with Crippen LogP contribution in [0.15, 0.2) is 36.4 Å². The highest BCUT2D eigenvalue weighted by Crippen LogP contribution is 2.40. The molecule has 3 aliphatic rings. The van der Waals surface area contributed by atoms with Crippen LogP contribution < -0.4 is 15.4 Å². The molecule has 7 nitrogen and oxygen atoms in total. The van der Waals surface area contributed by atoms with Crippen molar-refractivity contribution < 1.29 is 19.0 Å². The highest BCUT2D eigenvalue weighted by atomic mass is 16.5. The van der Waals surface area contributed by atoms with Crippen molar-refractivity contribution in [1.29, 1.82) is 5.26 Å². The molecule has 0 aromatic heterocycles. The predicted molar refractivity (Wildman–Crippen MR) is 118 cm³/mol. The van der Waals surface area contributed by atoms with Gasteiger partial charge in [0, 0.05) is 31.1 Å². The number of hydrogen-bond donors (Lipinski definition) is 2. The van der Waals surface area contributed by atoms with Gasteiger partial charge in [0.1, 0.15) is 24.5 Å². The minimum absolute atomic E-state index is 0.249. The van der Waals surface area contributed by atoms with Gasteiger partial charge < -0.3 is 24.8 Å². The van der Waals surface area contributed by atoms with Crippen LogP contribution in [0, 0.1) is 11.3 Å². The Bertz CT molecular complexity index is 1040. The van der Waals surface area contributed by atoms with Crippen LogP contribution in [0.5, 0.6) is 5.75 Å². The van der Waals surface area contributed by atoms with Crippen LogP contribution in [0.3, 0.4) is 0 Å². The molecule has 0 spiro atoms. The number of ether oxygens (including phenoxy) is 3. The standard InChI is InChI=1S/C25H27N3O4/c26-11-20(28-25(29)24-12-27-6-1-7-31-24)8-16-2-5-21-22-10-17(19-13-30-14-19)3-4-18(22)15-32-23(21)9-16/h2-5,9-10,19-20,24,27H,1,6-8,12-15H2,(H,28,29). The Morgan fingerprint density at radius 1 is 1.22 bits per heavy atom. The van der Waals surface area contributed by atoms with Crippen molar-refractivity contribution in [3.8, 4) is 22.9 Å². The van der Waals surface area contributed by atoms with Crippen molar-refractivity contribution in [3.05, 3.63) is 53.1 Å². The number of benzene rings is 2. The number of rotatable bonds is 5. The molecule has 3 heterocycles. The predicted octanol–water partition coefficient (Wildman–Crippen LogP) is 2.29. The van der Waals surface area contributed by atoms with Crippen LogP contribution >= 0.6 is 0 Å². The van der Waals surface area contributed by atoms with Crippen LogP contribution in [0.4, 0.5) is 0 Å². The molecule has 2 unspecified atom stereocenters. The highest BCUT2D eigenvalue weighted by Gasteiger charge is 2.26. The van der Waals surface area contributed by atoms with Crippen LogP contribution in [0.2, 0.25) is 0 Å². The monoisotopic (exact) mass is 433 g/mol. The third-order valence-electron chi connectivity index (χ3n) is 6.31. The van der Waals surface area contributed by atoms with Gasteiger partial charge in [-0.05, 0) is 41.3 Å². The third-order valence-corrected chi connectivity index (χ3v) is 6.31. The maximum Gasteiger partial charge on any atom is 0.251 e. The molecule has 2 atom stereocenters. The van der Waals surface area contributed by atoms with E-state index in [1.807, 2.05) is 12.1 Å². The molecular formula is C25H27N3O4. The molecule has 2 fully saturated rings. The van der Waals surface area contributed by atoms with Gasteiger partial charge in [0.05, 0.1) is 19.3 Å². The van der Waals surface area contributed by atoms with E-state index in [4.69, 9.17) is 14.2 Å². The number of nitrogens with one attached hydrogen (secondary N) is 2. The van der Waals surface area contributed by atoms with Crippen molar-refractivity contribution in [2.45, 2.75) is 37.5 Å². The molecular weight excluding hydrogens is 406 g/mol. The molecule has 0 bridgehead atoms. The first kappa shape index (κ1) is 21.0. The van der Waals surface area contributed by atoms with E-state index in [0.29, 0.717) is 32.1 Å². The number of fused-ring (bicyclic) bond motifs is 3. The first-order chi connectivity index (χ1) is 15.7. The summed E-state index contributed by atoms with van der Waals surface area (Å²) in [5.41, 5.74) is 5.68. The fourth-order valence-electron chi connectivity index (χ4n) is 4.36. The Kier molecular flexibility index (Phi) is 6.08. The van der Waals surface area contributed by atoms with Crippen LogP contribution in [-0.2, 0) is 27.3 Å². The van der Waals surface area contributed by atoms with Gasteiger partial charge in [-0.2, -0.15) is 5.26 Å². The molecule has 1 amide bonds. The fourth-order valence-corrected chi connectivity index (χ4v) is 4.36. The summed E-state index contributed by atoms with van der Waals surface area (Å²) in [7, 11) is 0. The molecule has 2 saturated heterocycles. The molecule has 2 aromatic carbocycles. The summed E-state index contributed by atoms with van der Waals surface area (Å²) in [5.74, 6) is 1.04. The van der Waals surface area contributed by atoms with E-state index < -0.39 is 12.1 Å². The quantitative estimate of drug-likeness (QED) is 0.752. The molecule has 2 aromatic rings. The zero-order chi connectivity index (χ0) is 21.9. The Morgan fingerprint density at radius 3 is 2.94 bits per heavy atom. The average molecular weight is 434 g/mol. The van der Waals surface area contributed by atoms with Gasteiger partial charge in [-0.15, -0.1) is 0 Å². The first-order valence-corrected chi connectivity index (χ1v) is 11.2. The number of nitriles is 1. The van der Waals surface area contributed by atoms with Gasteiger partial charge in [0.15, 0.2) is 0 Å². The van der Waals surface area contributed by atoms with Crippen molar-refractivity contribution >= 4 is 5.91 Å². The lowest BCUT2D eigenvalue weighted by Crippen LogP contribution is -2.46. The van der Waals surface area contributed by atoms with Gasteiger partial charge in [-0.1, -0.05) is 30.3 Å². The van der Waals surface area contributed by atoms with Gasteiger partial charge in [-0.25, -0.2) is 0 Å². The topological polar surface area (TPSA) is 92.6 Å². The van der Waals surface area contributed by atoms with Crippen molar-refractivity contribution in [3.63, 3.8) is 0 Å². The highest BCUT2D eigenvalue weighted by molar-refractivity contribution is 5.81. The second kappa shape index (κ2) is 9.29. The Morgan fingerprint density at radius 2 is 2.12 bits per heavy atom. The van der Waals surface area contributed by atoms with Crippen molar-refractivity contribution in [1.82, 2.24) is 10.6 Å². The van der Waals surface area contributed by atoms with E-state index in [2.05, 4.69) is 41.0 Å². The summed E-state index contributed by atoms with van der Waals surface area (Å²) in [6.07, 6.45) is 0.720. The summed E-state index contributed by atoms with van der Waals surface area (Å²) in [4.78, 5) is 12.5. The van der Waals surface area contributed by atoms with E-state index in [-0.39, 0.29) is 5.91 Å². The summed E-state index contributed by atoms with van der Waals surface area (Å²) >= 11 is 0. The molecule has 32 heavy (non-hydrogen) atoms. The van der Waals surface area contributed by atoms with E-state index in [0.717, 1.165) is 43.1 Å². The zero-order valence-corrected chi connectivity index (χ0v) is 17.9. The normalized spacial score (nSPS) is 21.0. The SMILES string of the molecule is N#CC(Cc1ccc2c(c1)OCc1ccc(C3COC3)cc1-2)NC(=O)C1CNCCCO1. The second-order valence-electron chi connectivity index (χ2n) is 8.58. The maximum atomic E-state index is 12.5. The lowest BCUT2D eigenvalue weighted by molar-refractivity contribution is -0.132. The number of amides is 1. The number of hydrogen-bond acceptors (Lipinski definition) is 6. The lowest BCUT2D eigenvalue weighted by atomic mass is 9.89. The van der Waals surface area contributed by atoms with Gasteiger partial charge in [-0.3, -0.25) is 4.79 Å². The van der Waals surface area contributed by atoms with E-state index in [1.165, 1.54) is 16.7 Å². The summed E-state index contributed by atoms with van der Waals surface area (Å²) in [6, 6.07) is 14.2. The Balaban J connectivity index is 1.29. The van der Waals surface area contributed by atoms with E-state index >= 15 is 0 Å². The summed E-state index contributed by atoms with van der Waals surface area (Å²) < 4.78 is 17.0. The van der Waals surface area contributed by atoms with Crippen molar-refractivity contribution in [2.75, 3.05) is 32.9 Å². The molecule has 3 aliphatic heterocycles. The largest absolute Gasteiger partial charge is 0.488 e. The molecule has 2 N–H and O–H groups in total.